The molecule has 1 aliphatic heterocycles. The second-order valence-electron chi connectivity index (χ2n) is 9.07. The molecule has 138 valence electrons. The van der Waals surface area contributed by atoms with Crippen LogP contribution in [0.1, 0.15) is 44.9 Å². The molecule has 2 amide bonds. The van der Waals surface area contributed by atoms with E-state index < -0.39 is 0 Å². The average Bonchev–Trinajstić information content (AvgIpc) is 2.96. The summed E-state index contributed by atoms with van der Waals surface area (Å²) in [6, 6.07) is 7.26. The molecule has 4 bridgehead atoms. The highest BCUT2D eigenvalue weighted by atomic mass is 35.5. The van der Waals surface area contributed by atoms with E-state index in [0.717, 1.165) is 42.7 Å². The first kappa shape index (κ1) is 16.6. The Morgan fingerprint density at radius 3 is 2.19 bits per heavy atom. The number of amides is 2. The first-order valence-corrected chi connectivity index (χ1v) is 10.3. The van der Waals surface area contributed by atoms with Gasteiger partial charge in [-0.2, -0.15) is 0 Å². The first-order valence-electron chi connectivity index (χ1n) is 9.88. The van der Waals surface area contributed by atoms with Gasteiger partial charge in [0.25, 0.3) is 0 Å². The van der Waals surface area contributed by atoms with Gasteiger partial charge in [-0.3, -0.25) is 9.59 Å². The molecule has 1 heterocycles. The molecule has 5 heteroatoms. The molecule has 4 nitrogen and oxygen atoms in total. The predicted octanol–water partition coefficient (Wildman–Crippen LogP) is 3.78. The van der Waals surface area contributed by atoms with Crippen molar-refractivity contribution in [2.75, 3.05) is 11.4 Å². The summed E-state index contributed by atoms with van der Waals surface area (Å²) in [7, 11) is 0. The molecule has 4 saturated carbocycles. The maximum atomic E-state index is 13.0. The van der Waals surface area contributed by atoms with E-state index >= 15 is 0 Å². The van der Waals surface area contributed by atoms with E-state index in [1.165, 1.54) is 19.3 Å². The standard InChI is InChI=1S/C21H25ClN2O2/c22-17-1-3-18(4-2-17)24-12-16(8-19(24)25)20(26)23-21-9-13-5-14(10-21)7-15(6-13)11-21/h1-4,13-16H,5-12H2,(H,23,26). The van der Waals surface area contributed by atoms with Crippen LogP contribution in [0.15, 0.2) is 24.3 Å². The zero-order chi connectivity index (χ0) is 17.9. The maximum Gasteiger partial charge on any atom is 0.227 e. The number of hydrogen-bond acceptors (Lipinski definition) is 2. The Kier molecular flexibility index (Phi) is 3.82. The minimum Gasteiger partial charge on any atom is -0.350 e. The van der Waals surface area contributed by atoms with Crippen LogP contribution in [0, 0.1) is 23.7 Å². The lowest BCUT2D eigenvalue weighted by molar-refractivity contribution is -0.131. The highest BCUT2D eigenvalue weighted by Crippen LogP contribution is 2.55. The summed E-state index contributed by atoms with van der Waals surface area (Å²) in [5.41, 5.74) is 0.840. The molecule has 5 fully saturated rings. The van der Waals surface area contributed by atoms with Crippen molar-refractivity contribution >= 4 is 29.1 Å². The Morgan fingerprint density at radius 1 is 1.04 bits per heavy atom. The smallest absolute Gasteiger partial charge is 0.227 e. The number of rotatable bonds is 3. The van der Waals surface area contributed by atoms with Crippen molar-refractivity contribution in [2.45, 2.75) is 50.5 Å². The Bertz CT molecular complexity index is 710. The average molecular weight is 373 g/mol. The van der Waals surface area contributed by atoms with E-state index in [0.29, 0.717) is 18.0 Å². The van der Waals surface area contributed by atoms with E-state index in [-0.39, 0.29) is 23.3 Å². The van der Waals surface area contributed by atoms with Crippen LogP contribution >= 0.6 is 11.6 Å². The van der Waals surface area contributed by atoms with Crippen molar-refractivity contribution in [3.05, 3.63) is 29.3 Å². The molecule has 0 aromatic heterocycles. The third-order valence-corrected chi connectivity index (χ3v) is 7.31. The van der Waals surface area contributed by atoms with Gasteiger partial charge in [-0.1, -0.05) is 11.6 Å². The molecular weight excluding hydrogens is 348 g/mol. The predicted molar refractivity (Wildman–Crippen MR) is 101 cm³/mol. The van der Waals surface area contributed by atoms with Crippen LogP contribution in [0.25, 0.3) is 0 Å². The van der Waals surface area contributed by atoms with Crippen molar-refractivity contribution in [3.63, 3.8) is 0 Å². The van der Waals surface area contributed by atoms with Crippen LogP contribution in [-0.4, -0.2) is 23.9 Å². The summed E-state index contributed by atoms with van der Waals surface area (Å²) >= 11 is 5.94. The third kappa shape index (κ3) is 2.83. The van der Waals surface area contributed by atoms with E-state index in [4.69, 9.17) is 11.6 Å². The number of nitrogens with zero attached hydrogens (tertiary/aromatic N) is 1. The van der Waals surface area contributed by atoms with Crippen LogP contribution in [-0.2, 0) is 9.59 Å². The highest BCUT2D eigenvalue weighted by molar-refractivity contribution is 6.30. The SMILES string of the molecule is O=C(NC12CC3CC(CC(C3)C1)C2)C1CC(=O)N(c2ccc(Cl)cc2)C1. The lowest BCUT2D eigenvalue weighted by Gasteiger charge is -2.57. The molecule has 1 aromatic carbocycles. The van der Waals surface area contributed by atoms with Crippen LogP contribution in [0.3, 0.4) is 0 Å². The normalized spacial score (nSPS) is 38.0. The number of benzene rings is 1. The molecule has 4 aliphatic carbocycles. The lowest BCUT2D eigenvalue weighted by atomic mass is 9.53. The summed E-state index contributed by atoms with van der Waals surface area (Å²) in [6.45, 7) is 0.471. The fraction of sp³-hybridized carbons (Fsp3) is 0.619. The van der Waals surface area contributed by atoms with Gasteiger partial charge in [-0.25, -0.2) is 0 Å². The fourth-order valence-electron chi connectivity index (χ4n) is 6.38. The van der Waals surface area contributed by atoms with E-state index in [1.807, 2.05) is 12.1 Å². The number of carbonyl (C=O) groups is 2. The van der Waals surface area contributed by atoms with Gasteiger partial charge in [-0.05, 0) is 80.5 Å². The van der Waals surface area contributed by atoms with Crippen LogP contribution in [0.5, 0.6) is 0 Å². The van der Waals surface area contributed by atoms with Gasteiger partial charge < -0.3 is 10.2 Å². The molecule has 1 unspecified atom stereocenters. The number of nitrogens with one attached hydrogen (secondary N) is 1. The van der Waals surface area contributed by atoms with Crippen LogP contribution in [0.2, 0.25) is 5.02 Å². The second-order valence-corrected chi connectivity index (χ2v) is 9.51. The number of anilines is 1. The Hall–Kier alpha value is -1.55. The zero-order valence-electron chi connectivity index (χ0n) is 14.9. The van der Waals surface area contributed by atoms with Gasteiger partial charge in [0.2, 0.25) is 11.8 Å². The van der Waals surface area contributed by atoms with E-state index in [9.17, 15) is 9.59 Å². The van der Waals surface area contributed by atoms with E-state index in [2.05, 4.69) is 5.32 Å². The molecular formula is C21H25ClN2O2. The van der Waals surface area contributed by atoms with Crippen molar-refractivity contribution in [1.29, 1.82) is 0 Å². The van der Waals surface area contributed by atoms with Crippen LogP contribution < -0.4 is 10.2 Å². The largest absolute Gasteiger partial charge is 0.350 e. The van der Waals surface area contributed by atoms with Gasteiger partial charge in [0.05, 0.1) is 5.92 Å². The zero-order valence-corrected chi connectivity index (χ0v) is 15.7. The quantitative estimate of drug-likeness (QED) is 0.877. The summed E-state index contributed by atoms with van der Waals surface area (Å²) in [4.78, 5) is 27.2. The lowest BCUT2D eigenvalue weighted by Crippen LogP contribution is -2.60. The summed E-state index contributed by atoms with van der Waals surface area (Å²) < 4.78 is 0. The number of halogens is 1. The van der Waals surface area contributed by atoms with Gasteiger partial charge in [-0.15, -0.1) is 0 Å². The van der Waals surface area contributed by atoms with Crippen molar-refractivity contribution in [2.24, 2.45) is 23.7 Å². The Balaban J connectivity index is 1.28. The number of hydrogen-bond donors (Lipinski definition) is 1. The molecule has 1 saturated heterocycles. The minimum absolute atomic E-state index is 0.0164. The Labute approximate surface area is 159 Å². The molecule has 0 spiro atoms. The highest BCUT2D eigenvalue weighted by Gasteiger charge is 2.52. The van der Waals surface area contributed by atoms with E-state index in [1.54, 1.807) is 17.0 Å². The minimum atomic E-state index is -0.244. The van der Waals surface area contributed by atoms with Crippen molar-refractivity contribution in [1.82, 2.24) is 5.32 Å². The van der Waals surface area contributed by atoms with Gasteiger partial charge in [0, 0.05) is 29.2 Å². The summed E-state index contributed by atoms with van der Waals surface area (Å²) in [5, 5.41) is 4.08. The second kappa shape index (κ2) is 5.98. The maximum absolute atomic E-state index is 13.0. The van der Waals surface area contributed by atoms with Gasteiger partial charge in [0.1, 0.15) is 0 Å². The summed E-state index contributed by atoms with van der Waals surface area (Å²) in [5.74, 6) is 2.27. The molecule has 0 radical (unpaired) electrons. The first-order chi connectivity index (χ1) is 12.5. The Morgan fingerprint density at radius 2 is 1.62 bits per heavy atom. The van der Waals surface area contributed by atoms with Crippen molar-refractivity contribution in [3.8, 4) is 0 Å². The molecule has 1 atom stereocenters. The topological polar surface area (TPSA) is 49.4 Å². The fourth-order valence-corrected chi connectivity index (χ4v) is 6.51. The number of carbonyl (C=O) groups excluding carboxylic acids is 2. The van der Waals surface area contributed by atoms with Gasteiger partial charge >= 0.3 is 0 Å². The molecule has 1 N–H and O–H groups in total. The molecule has 1 aromatic rings. The van der Waals surface area contributed by atoms with Crippen molar-refractivity contribution < 1.29 is 9.59 Å². The van der Waals surface area contributed by atoms with Gasteiger partial charge in [0.15, 0.2) is 0 Å². The molecule has 26 heavy (non-hydrogen) atoms. The molecule has 6 rings (SSSR count). The molecule has 5 aliphatic rings. The monoisotopic (exact) mass is 372 g/mol. The van der Waals surface area contributed by atoms with Crippen LogP contribution in [0.4, 0.5) is 5.69 Å². The summed E-state index contributed by atoms with van der Waals surface area (Å²) in [6.07, 6.45) is 7.83. The third-order valence-electron chi connectivity index (χ3n) is 7.06.